The average Bonchev–Trinajstić information content (AvgIpc) is 2.45. The molecule has 2 aromatic carbocycles. The van der Waals surface area contributed by atoms with E-state index in [0.29, 0.717) is 12.1 Å². The molecule has 5 heteroatoms. The maximum absolute atomic E-state index is 3.68. The zero-order chi connectivity index (χ0) is 15.7. The van der Waals surface area contributed by atoms with Crippen molar-refractivity contribution >= 4 is 70.4 Å². The molecule has 116 valence electrons. The van der Waals surface area contributed by atoms with E-state index in [4.69, 9.17) is 0 Å². The molecule has 22 heavy (non-hydrogen) atoms. The van der Waals surface area contributed by atoms with Crippen LogP contribution in [0.3, 0.4) is 0 Å². The highest BCUT2D eigenvalue weighted by Gasteiger charge is 2.38. The second-order valence-corrected chi connectivity index (χ2v) is 9.09. The first-order chi connectivity index (χ1) is 10.6. The Balaban J connectivity index is 1.85. The Morgan fingerprint density at radius 3 is 2.36 bits per heavy atom. The molecule has 3 rings (SSSR count). The molecular weight excluding hydrogens is 585 g/mol. The van der Waals surface area contributed by atoms with Crippen LogP contribution in [0.2, 0.25) is 0 Å². The molecule has 1 fully saturated rings. The largest absolute Gasteiger partial charge is 0.288 e. The normalized spacial score (nSPS) is 21.6. The zero-order valence-corrected chi connectivity index (χ0v) is 18.7. The Bertz CT molecular complexity index is 656. The van der Waals surface area contributed by atoms with Crippen molar-refractivity contribution < 1.29 is 0 Å². The predicted octanol–water partition coefficient (Wildman–Crippen LogP) is 6.72. The Labute approximate surface area is 170 Å². The maximum Gasteiger partial charge on any atom is 0.0370 e. The number of halogens is 4. The summed E-state index contributed by atoms with van der Waals surface area (Å²) in [7, 11) is 0. The predicted molar refractivity (Wildman–Crippen MR) is 112 cm³/mol. The van der Waals surface area contributed by atoms with Crippen LogP contribution in [0.4, 0.5) is 0 Å². The summed E-state index contributed by atoms with van der Waals surface area (Å²) in [4.78, 5) is 2.61. The highest BCUT2D eigenvalue weighted by atomic mass is 127. The van der Waals surface area contributed by atoms with Crippen molar-refractivity contribution in [2.75, 3.05) is 4.43 Å². The minimum absolute atomic E-state index is 0.501. The number of rotatable bonds is 4. The fourth-order valence-electron chi connectivity index (χ4n) is 2.95. The van der Waals surface area contributed by atoms with E-state index < -0.39 is 0 Å². The average molecular weight is 600 g/mol. The number of hydrogen-bond acceptors (Lipinski definition) is 1. The van der Waals surface area contributed by atoms with Gasteiger partial charge in [-0.05, 0) is 41.8 Å². The Morgan fingerprint density at radius 2 is 1.73 bits per heavy atom. The lowest BCUT2D eigenvalue weighted by atomic mass is 9.87. The third kappa shape index (κ3) is 3.79. The van der Waals surface area contributed by atoms with Crippen LogP contribution in [0.25, 0.3) is 0 Å². The van der Waals surface area contributed by atoms with Crippen molar-refractivity contribution in [2.24, 2.45) is 0 Å². The van der Waals surface area contributed by atoms with Crippen molar-refractivity contribution in [1.29, 1.82) is 0 Å². The molecule has 0 radical (unpaired) electrons. The first-order valence-electron chi connectivity index (χ1n) is 7.09. The Hall–Kier alpha value is 0.570. The number of benzene rings is 2. The molecule has 0 aliphatic carbocycles. The molecule has 1 aliphatic rings. The van der Waals surface area contributed by atoms with Gasteiger partial charge in [-0.25, -0.2) is 0 Å². The van der Waals surface area contributed by atoms with Gasteiger partial charge in [0.15, 0.2) is 0 Å². The highest BCUT2D eigenvalue weighted by Crippen LogP contribution is 2.42. The van der Waals surface area contributed by atoms with Gasteiger partial charge in [0.05, 0.1) is 0 Å². The molecule has 2 unspecified atom stereocenters. The van der Waals surface area contributed by atoms with Gasteiger partial charge in [0.25, 0.3) is 0 Å². The summed E-state index contributed by atoms with van der Waals surface area (Å²) in [6.45, 7) is 0.990. The zero-order valence-electron chi connectivity index (χ0n) is 11.8. The lowest BCUT2D eigenvalue weighted by Gasteiger charge is -2.49. The molecule has 0 saturated carbocycles. The fourth-order valence-corrected chi connectivity index (χ4v) is 5.56. The molecule has 2 aromatic rings. The molecular formula is C17H15Br3IN. The summed E-state index contributed by atoms with van der Waals surface area (Å²) in [6, 6.07) is 16.3. The number of likely N-dealkylation sites (tertiary alicyclic amines) is 1. The second-order valence-electron chi connectivity index (χ2n) is 5.53. The van der Waals surface area contributed by atoms with E-state index in [0.717, 1.165) is 15.5 Å². The van der Waals surface area contributed by atoms with Gasteiger partial charge in [-0.1, -0.05) is 88.6 Å². The minimum Gasteiger partial charge on any atom is -0.288 e. The van der Waals surface area contributed by atoms with Crippen molar-refractivity contribution in [3.63, 3.8) is 0 Å². The standard InChI is InChI=1S/C17H15Br3IN/c18-13-5-12(6-14(19)7-13)17-8-15(9-21)22(17)10-11-3-1-2-4-16(11)20/h1-7,15,17H,8-10H2. The molecule has 0 amide bonds. The van der Waals surface area contributed by atoms with Crippen LogP contribution in [-0.2, 0) is 6.54 Å². The Kier molecular flexibility index (Phi) is 6.04. The van der Waals surface area contributed by atoms with Gasteiger partial charge < -0.3 is 0 Å². The summed E-state index contributed by atoms with van der Waals surface area (Å²) in [6.07, 6.45) is 1.23. The van der Waals surface area contributed by atoms with Crippen LogP contribution in [0.15, 0.2) is 55.9 Å². The topological polar surface area (TPSA) is 3.24 Å². The van der Waals surface area contributed by atoms with Crippen LogP contribution in [0, 0.1) is 0 Å². The molecule has 0 bridgehead atoms. The third-order valence-corrected chi connectivity index (χ3v) is 6.83. The van der Waals surface area contributed by atoms with Gasteiger partial charge in [0, 0.05) is 36.5 Å². The van der Waals surface area contributed by atoms with Crippen LogP contribution in [0.1, 0.15) is 23.6 Å². The summed E-state index contributed by atoms with van der Waals surface area (Å²) in [5.74, 6) is 0. The smallest absolute Gasteiger partial charge is 0.0370 e. The molecule has 1 heterocycles. The quantitative estimate of drug-likeness (QED) is 0.279. The summed E-state index contributed by atoms with van der Waals surface area (Å²) < 4.78 is 4.64. The van der Waals surface area contributed by atoms with Gasteiger partial charge in [-0.15, -0.1) is 0 Å². The van der Waals surface area contributed by atoms with Crippen molar-refractivity contribution in [2.45, 2.75) is 25.0 Å². The molecule has 1 aliphatic heterocycles. The lowest BCUT2D eigenvalue weighted by Crippen LogP contribution is -2.50. The van der Waals surface area contributed by atoms with Crippen molar-refractivity contribution in [3.05, 3.63) is 67.0 Å². The van der Waals surface area contributed by atoms with E-state index >= 15 is 0 Å². The van der Waals surface area contributed by atoms with Crippen molar-refractivity contribution in [3.8, 4) is 0 Å². The monoisotopic (exact) mass is 597 g/mol. The van der Waals surface area contributed by atoms with E-state index in [2.05, 4.69) is 118 Å². The third-order valence-electron chi connectivity index (χ3n) is 4.12. The molecule has 0 spiro atoms. The minimum atomic E-state index is 0.501. The van der Waals surface area contributed by atoms with Gasteiger partial charge in [-0.3, -0.25) is 4.90 Å². The van der Waals surface area contributed by atoms with Crippen molar-refractivity contribution in [1.82, 2.24) is 4.90 Å². The van der Waals surface area contributed by atoms with Crippen LogP contribution < -0.4 is 0 Å². The molecule has 2 atom stereocenters. The van der Waals surface area contributed by atoms with Gasteiger partial charge in [0.2, 0.25) is 0 Å². The summed E-state index contributed by atoms with van der Waals surface area (Å²) in [5.41, 5.74) is 2.74. The first kappa shape index (κ1) is 17.4. The van der Waals surface area contributed by atoms with Gasteiger partial charge >= 0.3 is 0 Å². The van der Waals surface area contributed by atoms with Gasteiger partial charge in [0.1, 0.15) is 0 Å². The number of hydrogen-bond donors (Lipinski definition) is 0. The first-order valence-corrected chi connectivity index (χ1v) is 11.0. The van der Waals surface area contributed by atoms with E-state index in [1.807, 2.05) is 0 Å². The maximum atomic E-state index is 3.68. The highest BCUT2D eigenvalue weighted by molar-refractivity contribution is 14.1. The van der Waals surface area contributed by atoms with Gasteiger partial charge in [-0.2, -0.15) is 0 Å². The molecule has 1 saturated heterocycles. The molecule has 1 nitrogen and oxygen atoms in total. The van der Waals surface area contributed by atoms with Crippen LogP contribution >= 0.6 is 70.4 Å². The summed E-state index contributed by atoms with van der Waals surface area (Å²) in [5, 5.41) is 0. The number of alkyl halides is 1. The van der Waals surface area contributed by atoms with E-state index in [-0.39, 0.29) is 0 Å². The van der Waals surface area contributed by atoms with Crippen LogP contribution in [-0.4, -0.2) is 15.4 Å². The van der Waals surface area contributed by atoms with E-state index in [1.165, 1.54) is 26.4 Å². The Morgan fingerprint density at radius 1 is 1.05 bits per heavy atom. The molecule has 0 N–H and O–H groups in total. The van der Waals surface area contributed by atoms with E-state index in [1.54, 1.807) is 0 Å². The van der Waals surface area contributed by atoms with E-state index in [9.17, 15) is 0 Å². The van der Waals surface area contributed by atoms with Crippen LogP contribution in [0.5, 0.6) is 0 Å². The lowest BCUT2D eigenvalue weighted by molar-refractivity contribution is 0.0208. The number of nitrogens with zero attached hydrogens (tertiary/aromatic N) is 1. The summed E-state index contributed by atoms with van der Waals surface area (Å²) >= 11 is 13.4. The second kappa shape index (κ2) is 7.64. The molecule has 0 aromatic heterocycles. The SMILES string of the molecule is Brc1cc(Br)cc(C2CC(CI)N2Cc2ccccc2Br)c1. The fraction of sp³-hybridized carbons (Fsp3) is 0.294.